The van der Waals surface area contributed by atoms with Crippen molar-refractivity contribution in [3.8, 4) is 0 Å². The number of anilines is 1. The van der Waals surface area contributed by atoms with Crippen molar-refractivity contribution in [2.24, 2.45) is 16.6 Å². The summed E-state index contributed by atoms with van der Waals surface area (Å²) in [6.45, 7) is 4.06. The molecule has 19 heavy (non-hydrogen) atoms. The molecule has 5 heteroatoms. The van der Waals surface area contributed by atoms with E-state index in [-0.39, 0.29) is 0 Å². The molecule has 1 heterocycles. The van der Waals surface area contributed by atoms with Crippen LogP contribution in [0.3, 0.4) is 0 Å². The van der Waals surface area contributed by atoms with E-state index in [4.69, 9.17) is 5.73 Å². The van der Waals surface area contributed by atoms with Crippen LogP contribution >= 0.6 is 0 Å². The SMILES string of the molecule is CC1CCCN(c2ccc(C(N)=O)cc2N=C=O)C1. The number of isocyanates is 1. The highest BCUT2D eigenvalue weighted by atomic mass is 16.1. The predicted molar refractivity (Wildman–Crippen MR) is 73.4 cm³/mol. The number of carbonyl (C=O) groups is 1. The van der Waals surface area contributed by atoms with E-state index < -0.39 is 5.91 Å². The first-order valence-electron chi connectivity index (χ1n) is 6.38. The van der Waals surface area contributed by atoms with Crippen molar-refractivity contribution in [2.45, 2.75) is 19.8 Å². The Morgan fingerprint density at radius 1 is 1.53 bits per heavy atom. The highest BCUT2D eigenvalue weighted by Gasteiger charge is 2.19. The number of piperidine rings is 1. The molecule has 1 saturated heterocycles. The molecule has 1 aliphatic rings. The van der Waals surface area contributed by atoms with Crippen molar-refractivity contribution in [3.63, 3.8) is 0 Å². The largest absolute Gasteiger partial charge is 0.370 e. The Hall–Kier alpha value is -2.13. The molecule has 0 spiro atoms. The van der Waals surface area contributed by atoms with Crippen LogP contribution in [0, 0.1) is 5.92 Å². The molecule has 0 radical (unpaired) electrons. The quantitative estimate of drug-likeness (QED) is 0.666. The first kappa shape index (κ1) is 13.3. The Kier molecular flexibility index (Phi) is 3.97. The molecule has 2 N–H and O–H groups in total. The summed E-state index contributed by atoms with van der Waals surface area (Å²) in [6, 6.07) is 5.01. The Bertz CT molecular complexity index is 535. The van der Waals surface area contributed by atoms with Gasteiger partial charge in [-0.15, -0.1) is 0 Å². The second kappa shape index (κ2) is 5.67. The topological polar surface area (TPSA) is 75.8 Å². The molecule has 2 rings (SSSR count). The van der Waals surface area contributed by atoms with Gasteiger partial charge in [-0.25, -0.2) is 4.79 Å². The number of hydrogen-bond acceptors (Lipinski definition) is 4. The molecular weight excluding hydrogens is 242 g/mol. The molecule has 0 aliphatic carbocycles. The van der Waals surface area contributed by atoms with Crippen LogP contribution in [0.15, 0.2) is 23.2 Å². The van der Waals surface area contributed by atoms with Crippen LogP contribution in [0.1, 0.15) is 30.1 Å². The normalized spacial score (nSPS) is 18.8. The van der Waals surface area contributed by atoms with Crippen molar-refractivity contribution >= 4 is 23.4 Å². The molecule has 100 valence electrons. The minimum Gasteiger partial charge on any atom is -0.370 e. The zero-order valence-corrected chi connectivity index (χ0v) is 10.9. The lowest BCUT2D eigenvalue weighted by Gasteiger charge is -2.33. The van der Waals surface area contributed by atoms with E-state index in [1.165, 1.54) is 12.5 Å². The monoisotopic (exact) mass is 259 g/mol. The maximum atomic E-state index is 11.2. The van der Waals surface area contributed by atoms with E-state index in [1.807, 2.05) is 0 Å². The first-order valence-corrected chi connectivity index (χ1v) is 6.38. The van der Waals surface area contributed by atoms with E-state index in [2.05, 4.69) is 16.8 Å². The maximum absolute atomic E-state index is 11.2. The van der Waals surface area contributed by atoms with Gasteiger partial charge in [-0.2, -0.15) is 4.99 Å². The fourth-order valence-corrected chi connectivity index (χ4v) is 2.49. The molecule has 1 fully saturated rings. The van der Waals surface area contributed by atoms with Gasteiger partial charge in [0.15, 0.2) is 0 Å². The number of benzene rings is 1. The van der Waals surface area contributed by atoms with E-state index in [1.54, 1.807) is 18.2 Å². The van der Waals surface area contributed by atoms with Gasteiger partial charge in [0.05, 0.1) is 5.69 Å². The van der Waals surface area contributed by atoms with Crippen LogP contribution in [0.4, 0.5) is 11.4 Å². The van der Waals surface area contributed by atoms with Gasteiger partial charge in [0.2, 0.25) is 12.0 Å². The molecule has 1 aliphatic heterocycles. The second-order valence-corrected chi connectivity index (χ2v) is 4.96. The fraction of sp³-hybridized carbons (Fsp3) is 0.429. The number of carbonyl (C=O) groups excluding carboxylic acids is 2. The predicted octanol–water partition coefficient (Wildman–Crippen LogP) is 1.99. The lowest BCUT2D eigenvalue weighted by Crippen LogP contribution is -2.34. The average molecular weight is 259 g/mol. The molecule has 1 atom stereocenters. The van der Waals surface area contributed by atoms with E-state index in [0.29, 0.717) is 17.2 Å². The lowest BCUT2D eigenvalue weighted by atomic mass is 9.99. The third-order valence-corrected chi connectivity index (χ3v) is 3.42. The number of rotatable bonds is 3. The van der Waals surface area contributed by atoms with Gasteiger partial charge in [0.1, 0.15) is 5.69 Å². The Labute approximate surface area is 112 Å². The molecule has 1 aromatic rings. The summed E-state index contributed by atoms with van der Waals surface area (Å²) in [4.78, 5) is 27.6. The minimum atomic E-state index is -0.527. The van der Waals surface area contributed by atoms with Gasteiger partial charge >= 0.3 is 0 Å². The van der Waals surface area contributed by atoms with Gasteiger partial charge in [-0.1, -0.05) is 6.92 Å². The van der Waals surface area contributed by atoms with Crippen LogP contribution < -0.4 is 10.6 Å². The number of nitrogens with two attached hydrogens (primary N) is 1. The van der Waals surface area contributed by atoms with Crippen molar-refractivity contribution < 1.29 is 9.59 Å². The van der Waals surface area contributed by atoms with Crippen LogP contribution in [-0.4, -0.2) is 25.1 Å². The highest BCUT2D eigenvalue weighted by molar-refractivity contribution is 5.95. The van der Waals surface area contributed by atoms with E-state index in [0.717, 1.165) is 25.2 Å². The summed E-state index contributed by atoms with van der Waals surface area (Å²) in [7, 11) is 0. The molecule has 5 nitrogen and oxygen atoms in total. The van der Waals surface area contributed by atoms with Crippen molar-refractivity contribution in [2.75, 3.05) is 18.0 Å². The maximum Gasteiger partial charge on any atom is 0.248 e. The summed E-state index contributed by atoms with van der Waals surface area (Å²) >= 11 is 0. The Morgan fingerprint density at radius 3 is 2.95 bits per heavy atom. The minimum absolute atomic E-state index is 0.350. The van der Waals surface area contributed by atoms with Crippen LogP contribution in [0.2, 0.25) is 0 Å². The standard InChI is InChI=1S/C14H17N3O2/c1-10-3-2-6-17(8-10)13-5-4-11(14(15)19)7-12(13)16-9-18/h4-5,7,10H,2-3,6,8H2,1H3,(H2,15,19). The summed E-state index contributed by atoms with van der Waals surface area (Å²) in [5, 5.41) is 0. The number of aliphatic imine (C=N–C) groups is 1. The molecule has 0 aromatic heterocycles. The highest BCUT2D eigenvalue weighted by Crippen LogP contribution is 2.32. The van der Waals surface area contributed by atoms with Crippen LogP contribution in [-0.2, 0) is 4.79 Å². The van der Waals surface area contributed by atoms with Crippen molar-refractivity contribution in [3.05, 3.63) is 23.8 Å². The summed E-state index contributed by atoms with van der Waals surface area (Å²) in [6.07, 6.45) is 3.86. The third kappa shape index (κ3) is 3.01. The van der Waals surface area contributed by atoms with E-state index >= 15 is 0 Å². The Morgan fingerprint density at radius 2 is 2.32 bits per heavy atom. The zero-order valence-electron chi connectivity index (χ0n) is 10.9. The summed E-state index contributed by atoms with van der Waals surface area (Å²) in [5.41, 5.74) is 6.91. The number of nitrogens with zero attached hydrogens (tertiary/aromatic N) is 2. The summed E-state index contributed by atoms with van der Waals surface area (Å²) < 4.78 is 0. The molecule has 1 amide bonds. The molecule has 0 saturated carbocycles. The molecule has 1 aromatic carbocycles. The third-order valence-electron chi connectivity index (χ3n) is 3.42. The van der Waals surface area contributed by atoms with Gasteiger partial charge in [0.25, 0.3) is 0 Å². The lowest BCUT2D eigenvalue weighted by molar-refractivity contribution is 0.100. The molecule has 1 unspecified atom stereocenters. The van der Waals surface area contributed by atoms with Gasteiger partial charge in [0, 0.05) is 18.7 Å². The van der Waals surface area contributed by atoms with E-state index in [9.17, 15) is 9.59 Å². The average Bonchev–Trinajstić information content (AvgIpc) is 2.39. The number of amides is 1. The Balaban J connectivity index is 2.38. The molecule has 0 bridgehead atoms. The smallest absolute Gasteiger partial charge is 0.248 e. The van der Waals surface area contributed by atoms with Crippen molar-refractivity contribution in [1.29, 1.82) is 0 Å². The zero-order chi connectivity index (χ0) is 13.8. The van der Waals surface area contributed by atoms with Crippen LogP contribution in [0.5, 0.6) is 0 Å². The molecular formula is C14H17N3O2. The van der Waals surface area contributed by atoms with Gasteiger partial charge in [-0.05, 0) is 37.0 Å². The fourth-order valence-electron chi connectivity index (χ4n) is 2.49. The first-order chi connectivity index (χ1) is 9.11. The van der Waals surface area contributed by atoms with Crippen LogP contribution in [0.25, 0.3) is 0 Å². The second-order valence-electron chi connectivity index (χ2n) is 4.96. The summed E-state index contributed by atoms with van der Waals surface area (Å²) in [5.74, 6) is 0.0820. The van der Waals surface area contributed by atoms with Gasteiger partial charge < -0.3 is 10.6 Å². The number of primary amides is 1. The van der Waals surface area contributed by atoms with Gasteiger partial charge in [-0.3, -0.25) is 4.79 Å². The number of hydrogen-bond donors (Lipinski definition) is 1. The van der Waals surface area contributed by atoms with Crippen molar-refractivity contribution in [1.82, 2.24) is 0 Å².